The van der Waals surface area contributed by atoms with Gasteiger partial charge in [0.05, 0.1) is 24.1 Å². The standard InChI is InChI=1S/2C5H10O3.Ba/c2*1-3(2)4(6)5(7)8;/h2*3-4,6H,1-2H3,(H,7,8);/q;;+2/p-2/t2*4-;/m00./s1. The molecule has 0 amide bonds. The van der Waals surface area contributed by atoms with Gasteiger partial charge in [0.2, 0.25) is 0 Å². The number of aliphatic hydroxyl groups is 2. The van der Waals surface area contributed by atoms with E-state index >= 15 is 0 Å². The molecule has 6 nitrogen and oxygen atoms in total. The van der Waals surface area contributed by atoms with Crippen molar-refractivity contribution < 1.29 is 30.0 Å². The smallest absolute Gasteiger partial charge is 0.547 e. The number of aliphatic hydroxyl groups excluding tert-OH is 2. The normalized spacial score (nSPS) is 13.2. The summed E-state index contributed by atoms with van der Waals surface area (Å²) in [5, 5.41) is 36.6. The maximum Gasteiger partial charge on any atom is 2.00 e. The molecule has 7 heteroatoms. The molecular weight excluding hydrogens is 353 g/mol. The number of hydrogen-bond acceptors (Lipinski definition) is 6. The Bertz CT molecular complexity index is 205. The molecule has 0 aliphatic rings. The van der Waals surface area contributed by atoms with E-state index in [9.17, 15) is 19.8 Å². The van der Waals surface area contributed by atoms with Crippen molar-refractivity contribution in [3.05, 3.63) is 0 Å². The van der Waals surface area contributed by atoms with E-state index in [1.807, 2.05) is 0 Å². The fourth-order valence-corrected chi connectivity index (χ4v) is 0.544. The van der Waals surface area contributed by atoms with Gasteiger partial charge in [-0.2, -0.15) is 0 Å². The Hall–Kier alpha value is 0.431. The zero-order valence-electron chi connectivity index (χ0n) is 10.5. The summed E-state index contributed by atoms with van der Waals surface area (Å²) < 4.78 is 0. The molecule has 0 aromatic rings. The fraction of sp³-hybridized carbons (Fsp3) is 0.800. The van der Waals surface area contributed by atoms with Gasteiger partial charge in [-0.25, -0.2) is 0 Å². The van der Waals surface area contributed by atoms with Gasteiger partial charge in [0.25, 0.3) is 0 Å². The summed E-state index contributed by atoms with van der Waals surface area (Å²) in [6, 6.07) is 0. The second kappa shape index (κ2) is 11.5. The number of carbonyl (C=O) groups excluding carboxylic acids is 2. The van der Waals surface area contributed by atoms with Gasteiger partial charge in [-0.3, -0.25) is 0 Å². The molecule has 2 atom stereocenters. The van der Waals surface area contributed by atoms with E-state index in [0.29, 0.717) is 0 Å². The quantitative estimate of drug-likeness (QED) is 0.512. The molecule has 0 heterocycles. The minimum absolute atomic E-state index is 0. The Labute approximate surface area is 141 Å². The van der Waals surface area contributed by atoms with Crippen LogP contribution < -0.4 is 10.2 Å². The van der Waals surface area contributed by atoms with Gasteiger partial charge in [0.1, 0.15) is 0 Å². The molecule has 0 fully saturated rings. The maximum absolute atomic E-state index is 9.78. The Morgan fingerprint density at radius 2 is 1.00 bits per heavy atom. The van der Waals surface area contributed by atoms with Crippen molar-refractivity contribution in [3.8, 4) is 0 Å². The van der Waals surface area contributed by atoms with Crippen LogP contribution in [0, 0.1) is 11.8 Å². The van der Waals surface area contributed by atoms with E-state index < -0.39 is 24.1 Å². The molecule has 0 saturated carbocycles. The molecule has 0 bridgehead atoms. The first-order valence-corrected chi connectivity index (χ1v) is 4.89. The molecule has 0 spiro atoms. The molecule has 0 radical (unpaired) electrons. The van der Waals surface area contributed by atoms with E-state index in [1.54, 1.807) is 27.7 Å². The minimum Gasteiger partial charge on any atom is -0.547 e. The first kappa shape index (κ1) is 22.6. The molecule has 96 valence electrons. The number of carbonyl (C=O) groups is 2. The SMILES string of the molecule is CC(C)[C@H](O)C(=O)[O-].CC(C)[C@H](O)C(=O)[O-].[Ba+2]. The average Bonchev–Trinajstić information content (AvgIpc) is 2.15. The summed E-state index contributed by atoms with van der Waals surface area (Å²) in [5.74, 6) is -3.33. The Morgan fingerprint density at radius 1 is 0.824 bits per heavy atom. The summed E-state index contributed by atoms with van der Waals surface area (Å²) in [5.41, 5.74) is 0. The number of carboxylic acids is 2. The summed E-state index contributed by atoms with van der Waals surface area (Å²) in [6.07, 6.45) is -2.65. The van der Waals surface area contributed by atoms with Gasteiger partial charge in [-0.15, -0.1) is 0 Å². The summed E-state index contributed by atoms with van der Waals surface area (Å²) in [7, 11) is 0. The molecule has 0 aliphatic heterocycles. The average molecular weight is 372 g/mol. The Balaban J connectivity index is -0.000000218. The second-order valence-corrected chi connectivity index (χ2v) is 4.02. The van der Waals surface area contributed by atoms with Gasteiger partial charge in [0.15, 0.2) is 0 Å². The molecule has 0 rings (SSSR count). The van der Waals surface area contributed by atoms with Crippen molar-refractivity contribution in [1.29, 1.82) is 0 Å². The molecular formula is C10H18BaO6. The van der Waals surface area contributed by atoms with Crippen LogP contribution in [0.25, 0.3) is 0 Å². The van der Waals surface area contributed by atoms with Crippen LogP contribution in [0.15, 0.2) is 0 Å². The molecule has 0 saturated heterocycles. The first-order chi connectivity index (χ1) is 7.11. The van der Waals surface area contributed by atoms with Crippen molar-refractivity contribution >= 4 is 60.8 Å². The number of aliphatic carboxylic acids is 2. The van der Waals surface area contributed by atoms with Crippen molar-refractivity contribution in [2.24, 2.45) is 11.8 Å². The predicted molar refractivity (Wildman–Crippen MR) is 57.5 cm³/mol. The van der Waals surface area contributed by atoms with Gasteiger partial charge in [-0.1, -0.05) is 27.7 Å². The van der Waals surface area contributed by atoms with Crippen LogP contribution in [0.3, 0.4) is 0 Å². The maximum atomic E-state index is 9.78. The van der Waals surface area contributed by atoms with Crippen molar-refractivity contribution in [2.75, 3.05) is 0 Å². The molecule has 17 heavy (non-hydrogen) atoms. The van der Waals surface area contributed by atoms with Gasteiger partial charge >= 0.3 is 48.9 Å². The van der Waals surface area contributed by atoms with Crippen LogP contribution in [0.1, 0.15) is 27.7 Å². The third kappa shape index (κ3) is 12.7. The fourth-order valence-electron chi connectivity index (χ4n) is 0.544. The van der Waals surface area contributed by atoms with E-state index in [1.165, 1.54) is 0 Å². The third-order valence-electron chi connectivity index (χ3n) is 1.75. The van der Waals surface area contributed by atoms with E-state index in [-0.39, 0.29) is 60.7 Å². The molecule has 0 aromatic heterocycles. The largest absolute Gasteiger partial charge is 2.00 e. The Morgan fingerprint density at radius 3 is 1.00 bits per heavy atom. The van der Waals surface area contributed by atoms with Gasteiger partial charge in [-0.05, 0) is 11.8 Å². The molecule has 0 unspecified atom stereocenters. The zero-order chi connectivity index (χ0) is 13.5. The van der Waals surface area contributed by atoms with Crippen LogP contribution in [0.4, 0.5) is 0 Å². The zero-order valence-corrected chi connectivity index (χ0v) is 15.0. The first-order valence-electron chi connectivity index (χ1n) is 4.89. The minimum atomic E-state index is -1.40. The number of hydrogen-bond donors (Lipinski definition) is 2. The number of carboxylic acid groups (broad SMARTS) is 2. The van der Waals surface area contributed by atoms with Crippen LogP contribution in [-0.4, -0.2) is 83.2 Å². The van der Waals surface area contributed by atoms with Crippen molar-refractivity contribution in [1.82, 2.24) is 0 Å². The summed E-state index contributed by atoms with van der Waals surface area (Å²) in [4.78, 5) is 19.6. The van der Waals surface area contributed by atoms with Gasteiger partial charge in [0, 0.05) is 0 Å². The predicted octanol–water partition coefficient (Wildman–Crippen LogP) is -2.87. The molecule has 0 aromatic carbocycles. The van der Waals surface area contributed by atoms with Crippen molar-refractivity contribution in [2.45, 2.75) is 39.9 Å². The molecule has 2 N–H and O–H groups in total. The van der Waals surface area contributed by atoms with Crippen LogP contribution in [0.5, 0.6) is 0 Å². The van der Waals surface area contributed by atoms with E-state index in [2.05, 4.69) is 0 Å². The second-order valence-electron chi connectivity index (χ2n) is 4.02. The van der Waals surface area contributed by atoms with Crippen LogP contribution in [-0.2, 0) is 9.59 Å². The Kier molecular flexibility index (Phi) is 15.3. The molecule has 0 aliphatic carbocycles. The van der Waals surface area contributed by atoms with Crippen molar-refractivity contribution in [3.63, 3.8) is 0 Å². The van der Waals surface area contributed by atoms with Crippen LogP contribution >= 0.6 is 0 Å². The topological polar surface area (TPSA) is 121 Å². The monoisotopic (exact) mass is 372 g/mol. The van der Waals surface area contributed by atoms with Crippen LogP contribution in [0.2, 0.25) is 0 Å². The van der Waals surface area contributed by atoms with Gasteiger partial charge < -0.3 is 30.0 Å². The van der Waals surface area contributed by atoms with E-state index in [4.69, 9.17) is 10.2 Å². The summed E-state index contributed by atoms with van der Waals surface area (Å²) in [6.45, 7) is 6.45. The van der Waals surface area contributed by atoms with E-state index in [0.717, 1.165) is 0 Å². The summed E-state index contributed by atoms with van der Waals surface area (Å²) >= 11 is 0. The third-order valence-corrected chi connectivity index (χ3v) is 1.75. The number of rotatable bonds is 4.